The Morgan fingerprint density at radius 2 is 1.23 bits per heavy atom. The minimum atomic E-state index is -4.86. The number of pyridine rings is 1. The highest BCUT2D eigenvalue weighted by molar-refractivity contribution is 7.86. The zero-order chi connectivity index (χ0) is 53.6. The van der Waals surface area contributed by atoms with Crippen LogP contribution in [-0.2, 0) is 40.5 Å². The molecule has 4 aromatic carbocycles. The first-order valence-electron chi connectivity index (χ1n) is 21.0. The first-order chi connectivity index (χ1) is 33.9. The largest absolute Gasteiger partial charge is 0.338 e. The van der Waals surface area contributed by atoms with Crippen LogP contribution in [0.2, 0.25) is 0 Å². The lowest BCUT2D eigenvalue weighted by atomic mass is 10.0. The van der Waals surface area contributed by atoms with E-state index in [1.165, 1.54) is 85.8 Å². The third-order valence-corrected chi connectivity index (χ3v) is 17.4. The van der Waals surface area contributed by atoms with Gasteiger partial charge in [-0.15, -0.1) is 10.2 Å². The average Bonchev–Trinajstić information content (AvgIpc) is 3.98. The number of aromatic nitrogens is 5. The van der Waals surface area contributed by atoms with Crippen LogP contribution in [0.3, 0.4) is 0 Å². The standard InChI is InChI=1S/C45H40N10O12S6/c1-20(2)36-30(19-46)43(55(53-36)45-48-32-13-11-29(71(59,60)61)18-34(32)69-45)52-51-38-22(4)16-35(49-42(38)50-37-21(3)14-24(6)40(26(37)8)72(62,63)64)54(39-23(5)15-25(7)41(27(39)9)73(65,66)67)44-47-31-12-10-28(70(56,57)58)17-33(31)68-44/h10-18H,1H2,2-9H3,(H,49,50)(H,56,57,58)(H,59,60,61)(H,62,63,64)(H,65,66,67). The first kappa shape index (κ1) is 52.4. The molecule has 73 heavy (non-hydrogen) atoms. The normalized spacial score (nSPS) is 12.5. The summed E-state index contributed by atoms with van der Waals surface area (Å²) in [6.45, 7) is 16.5. The van der Waals surface area contributed by atoms with Gasteiger partial charge >= 0.3 is 0 Å². The summed E-state index contributed by atoms with van der Waals surface area (Å²) < 4.78 is 142. The van der Waals surface area contributed by atoms with Gasteiger partial charge in [0.25, 0.3) is 40.5 Å². The highest BCUT2D eigenvalue weighted by atomic mass is 32.2. The molecule has 0 aliphatic heterocycles. The molecule has 0 unspecified atom stereocenters. The minimum Gasteiger partial charge on any atom is -0.338 e. The maximum atomic E-state index is 13.0. The molecule has 0 spiro atoms. The predicted octanol–water partition coefficient (Wildman–Crippen LogP) is 10.2. The van der Waals surface area contributed by atoms with E-state index in [-0.39, 0.29) is 99.0 Å². The van der Waals surface area contributed by atoms with Crippen LogP contribution in [0.4, 0.5) is 39.6 Å². The molecular formula is C45H40N10O12S6. The van der Waals surface area contributed by atoms with Crippen LogP contribution in [0.25, 0.3) is 31.1 Å². The lowest BCUT2D eigenvalue weighted by Crippen LogP contribution is -2.17. The van der Waals surface area contributed by atoms with E-state index in [0.717, 1.165) is 28.7 Å². The number of nitrogens with zero attached hydrogens (tertiary/aromatic N) is 9. The highest BCUT2D eigenvalue weighted by Crippen LogP contribution is 2.47. The quantitative estimate of drug-likeness (QED) is 0.0529. The van der Waals surface area contributed by atoms with Crippen LogP contribution in [0.5, 0.6) is 0 Å². The van der Waals surface area contributed by atoms with Gasteiger partial charge in [0.2, 0.25) is 5.13 Å². The van der Waals surface area contributed by atoms with Crippen LogP contribution in [-0.4, -0.2) is 76.6 Å². The zero-order valence-electron chi connectivity index (χ0n) is 39.4. The van der Waals surface area contributed by atoms with E-state index in [2.05, 4.69) is 38.3 Å². The van der Waals surface area contributed by atoms with Crippen molar-refractivity contribution in [3.63, 3.8) is 0 Å². The van der Waals surface area contributed by atoms with Gasteiger partial charge in [0.05, 0.1) is 35.9 Å². The number of rotatable bonds is 13. The number of hydrogen-bond acceptors (Lipinski definition) is 19. The third-order valence-electron chi connectivity index (χ3n) is 11.4. The number of hydrogen-bond donors (Lipinski definition) is 5. The summed E-state index contributed by atoms with van der Waals surface area (Å²) >= 11 is 1.91. The third kappa shape index (κ3) is 9.86. The van der Waals surface area contributed by atoms with Gasteiger partial charge in [0.15, 0.2) is 16.8 Å². The summed E-state index contributed by atoms with van der Waals surface area (Å²) in [5.74, 6) is -0.285. The van der Waals surface area contributed by atoms with Crippen molar-refractivity contribution < 1.29 is 51.9 Å². The Balaban J connectivity index is 1.43. The number of aryl methyl sites for hydroxylation is 5. The van der Waals surface area contributed by atoms with Crippen LogP contribution >= 0.6 is 22.7 Å². The number of azo groups is 1. The van der Waals surface area contributed by atoms with E-state index in [1.807, 2.05) is 0 Å². The van der Waals surface area contributed by atoms with E-state index >= 15 is 0 Å². The van der Waals surface area contributed by atoms with Crippen molar-refractivity contribution in [3.8, 4) is 11.2 Å². The first-order valence-corrected chi connectivity index (χ1v) is 28.4. The number of nitriles is 1. The zero-order valence-corrected chi connectivity index (χ0v) is 44.3. The van der Waals surface area contributed by atoms with E-state index in [9.17, 15) is 57.1 Å². The van der Waals surface area contributed by atoms with Crippen molar-refractivity contribution >= 4 is 129 Å². The fraction of sp³-hybridized carbons (Fsp3) is 0.178. The molecule has 0 radical (unpaired) electrons. The molecule has 0 aliphatic rings. The maximum absolute atomic E-state index is 13.0. The monoisotopic (exact) mass is 1100 g/mol. The molecule has 0 atom stereocenters. The van der Waals surface area contributed by atoms with Crippen LogP contribution in [0.15, 0.2) is 91.0 Å². The van der Waals surface area contributed by atoms with Gasteiger partial charge in [-0.25, -0.2) is 15.0 Å². The van der Waals surface area contributed by atoms with E-state index < -0.39 is 55.2 Å². The van der Waals surface area contributed by atoms with Gasteiger partial charge in [0.1, 0.15) is 38.6 Å². The molecule has 4 aromatic heterocycles. The molecule has 0 amide bonds. The smallest absolute Gasteiger partial charge is 0.295 e. The van der Waals surface area contributed by atoms with Crippen molar-refractivity contribution in [3.05, 3.63) is 111 Å². The SMILES string of the molecule is C=C(C)c1nn(-c2nc3ccc(S(=O)(=O)O)cc3s2)c(N=Nc2c(C)cc(N(c3nc4ccc(S(=O)(=O)O)cc4s3)c3c(C)cc(C)c(S(=O)(=O)O)c3C)nc2Nc2c(C)cc(C)c(S(=O)(=O)O)c2C)c1C#N. The van der Waals surface area contributed by atoms with Gasteiger partial charge in [-0.05, 0) is 142 Å². The number of fused-ring (bicyclic) bond motifs is 2. The Morgan fingerprint density at radius 3 is 1.78 bits per heavy atom. The van der Waals surface area contributed by atoms with E-state index in [4.69, 9.17) is 9.97 Å². The lowest BCUT2D eigenvalue weighted by molar-refractivity contribution is 0.479. The minimum absolute atomic E-state index is 0.00725. The van der Waals surface area contributed by atoms with Gasteiger partial charge < -0.3 is 5.32 Å². The average molecular weight is 1110 g/mol. The molecule has 4 heterocycles. The molecule has 22 nitrogen and oxygen atoms in total. The molecule has 0 saturated heterocycles. The molecule has 8 rings (SSSR count). The maximum Gasteiger partial charge on any atom is 0.295 e. The summed E-state index contributed by atoms with van der Waals surface area (Å²) in [6.07, 6.45) is 0. The van der Waals surface area contributed by atoms with Gasteiger partial charge in [-0.1, -0.05) is 41.4 Å². The Morgan fingerprint density at radius 1 is 0.685 bits per heavy atom. The lowest BCUT2D eigenvalue weighted by Gasteiger charge is -2.28. The van der Waals surface area contributed by atoms with E-state index in [1.54, 1.807) is 27.7 Å². The van der Waals surface area contributed by atoms with E-state index in [0.29, 0.717) is 26.9 Å². The summed E-state index contributed by atoms with van der Waals surface area (Å²) in [4.78, 5) is 14.2. The van der Waals surface area contributed by atoms with Crippen molar-refractivity contribution in [1.29, 1.82) is 5.26 Å². The molecule has 5 N–H and O–H groups in total. The number of allylic oxidation sites excluding steroid dienone is 1. The molecule has 0 saturated carbocycles. The number of anilines is 5. The highest BCUT2D eigenvalue weighted by Gasteiger charge is 2.31. The van der Waals surface area contributed by atoms with Gasteiger partial charge in [0, 0.05) is 5.69 Å². The van der Waals surface area contributed by atoms with Crippen molar-refractivity contribution in [2.75, 3.05) is 10.2 Å². The molecule has 378 valence electrons. The predicted molar refractivity (Wildman–Crippen MR) is 275 cm³/mol. The van der Waals surface area contributed by atoms with Crippen molar-refractivity contribution in [2.45, 2.75) is 75.0 Å². The topological polar surface area (TPSA) is 338 Å². The number of benzene rings is 4. The molecule has 0 bridgehead atoms. The van der Waals surface area contributed by atoms with Crippen molar-refractivity contribution in [2.24, 2.45) is 10.2 Å². The molecule has 28 heteroatoms. The Labute approximate surface area is 426 Å². The second-order valence-electron chi connectivity index (χ2n) is 16.8. The fourth-order valence-electron chi connectivity index (χ4n) is 8.49. The Hall–Kier alpha value is -6.91. The van der Waals surface area contributed by atoms with Crippen LogP contribution in [0.1, 0.15) is 57.1 Å². The summed E-state index contributed by atoms with van der Waals surface area (Å²) in [6, 6.07) is 14.2. The van der Waals surface area contributed by atoms with Gasteiger partial charge in [-0.2, -0.15) is 48.7 Å². The molecule has 8 aromatic rings. The molecule has 0 fully saturated rings. The Bertz CT molecular complexity index is 4270. The molecule has 0 aliphatic carbocycles. The summed E-state index contributed by atoms with van der Waals surface area (Å²) in [5, 5.41) is 27.7. The summed E-state index contributed by atoms with van der Waals surface area (Å²) in [7, 11) is -18.9. The Kier molecular flexibility index (Phi) is 13.3. The van der Waals surface area contributed by atoms with Crippen LogP contribution < -0.4 is 10.2 Å². The van der Waals surface area contributed by atoms with Gasteiger partial charge in [-0.3, -0.25) is 23.1 Å². The number of nitrogens with one attached hydrogen (secondary N) is 1. The summed E-state index contributed by atoms with van der Waals surface area (Å²) in [5.41, 5.74) is 3.10. The van der Waals surface area contributed by atoms with Crippen LogP contribution in [0, 0.1) is 59.8 Å². The second-order valence-corrected chi connectivity index (χ2v) is 24.4. The van der Waals surface area contributed by atoms with Crippen molar-refractivity contribution in [1.82, 2.24) is 24.7 Å². The second kappa shape index (κ2) is 18.5. The number of thiazole rings is 2. The fourth-order valence-corrected chi connectivity index (χ4v) is 13.5. The molecular weight excluding hydrogens is 1060 g/mol.